The Morgan fingerprint density at radius 1 is 0.958 bits per heavy atom. The summed E-state index contributed by atoms with van der Waals surface area (Å²) in [7, 11) is -3.33. The first kappa shape index (κ1) is 18.0. The third kappa shape index (κ3) is 4.58. The van der Waals surface area contributed by atoms with Crippen LogP contribution < -0.4 is 10.0 Å². The molecule has 5 nitrogen and oxygen atoms in total. The number of carbonyl (C=O) groups is 1. The molecule has 0 saturated heterocycles. The average Bonchev–Trinajstić information content (AvgIpc) is 2.54. The molecule has 0 aliphatic heterocycles. The van der Waals surface area contributed by atoms with Crippen molar-refractivity contribution in [2.24, 2.45) is 0 Å². The Morgan fingerprint density at radius 2 is 1.50 bits per heavy atom. The molecule has 0 saturated carbocycles. The van der Waals surface area contributed by atoms with Crippen LogP contribution in [0.25, 0.3) is 0 Å². The van der Waals surface area contributed by atoms with Crippen LogP contribution in [0, 0.1) is 0 Å². The van der Waals surface area contributed by atoms with Crippen molar-refractivity contribution in [1.82, 2.24) is 0 Å². The zero-order valence-corrected chi connectivity index (χ0v) is 14.9. The normalized spacial score (nSPS) is 11.1. The summed E-state index contributed by atoms with van der Waals surface area (Å²) in [6, 6.07) is 12.4. The Hall–Kier alpha value is -2.34. The molecule has 6 heteroatoms. The van der Waals surface area contributed by atoms with Gasteiger partial charge in [-0.2, -0.15) is 0 Å². The van der Waals surface area contributed by atoms with E-state index in [-0.39, 0.29) is 5.91 Å². The molecule has 24 heavy (non-hydrogen) atoms. The lowest BCUT2D eigenvalue weighted by molar-refractivity contribution is 0.102. The summed E-state index contributed by atoms with van der Waals surface area (Å²) in [6.07, 6.45) is 2.75. The second-order valence-electron chi connectivity index (χ2n) is 5.56. The van der Waals surface area contributed by atoms with Crippen molar-refractivity contribution in [2.45, 2.75) is 26.7 Å². The van der Waals surface area contributed by atoms with Crippen LogP contribution in [0.2, 0.25) is 0 Å². The molecule has 0 atom stereocenters. The molecule has 0 spiro atoms. The highest BCUT2D eigenvalue weighted by molar-refractivity contribution is 7.92. The van der Waals surface area contributed by atoms with E-state index in [1.165, 1.54) is 0 Å². The number of hydrogen-bond donors (Lipinski definition) is 2. The Morgan fingerprint density at radius 3 is 1.96 bits per heavy atom. The summed E-state index contributed by atoms with van der Waals surface area (Å²) in [5.74, 6) is -0.212. The van der Waals surface area contributed by atoms with E-state index < -0.39 is 10.0 Å². The first-order chi connectivity index (χ1) is 11.3. The van der Waals surface area contributed by atoms with Gasteiger partial charge in [-0.15, -0.1) is 0 Å². The van der Waals surface area contributed by atoms with Gasteiger partial charge in [0, 0.05) is 16.9 Å². The van der Waals surface area contributed by atoms with Gasteiger partial charge in [-0.05, 0) is 48.2 Å². The van der Waals surface area contributed by atoms with Crippen molar-refractivity contribution in [3.63, 3.8) is 0 Å². The fourth-order valence-electron chi connectivity index (χ4n) is 2.49. The lowest BCUT2D eigenvalue weighted by Gasteiger charge is -2.14. The largest absolute Gasteiger partial charge is 0.321 e. The second kappa shape index (κ2) is 7.49. The number of para-hydroxylation sites is 1. The molecule has 2 N–H and O–H groups in total. The summed E-state index contributed by atoms with van der Waals surface area (Å²) in [5, 5.41) is 2.99. The van der Waals surface area contributed by atoms with Gasteiger partial charge >= 0.3 is 0 Å². The molecular formula is C18H22N2O3S. The van der Waals surface area contributed by atoms with E-state index in [0.717, 1.165) is 35.9 Å². The number of benzene rings is 2. The van der Waals surface area contributed by atoms with Gasteiger partial charge in [0.2, 0.25) is 10.0 Å². The standard InChI is InChI=1S/C18H22N2O3S/c1-4-13-7-6-8-14(5-2)17(13)19-18(21)15-9-11-16(12-10-15)20-24(3,22)23/h6-12,20H,4-5H2,1-3H3,(H,19,21). The van der Waals surface area contributed by atoms with Gasteiger partial charge in [0.15, 0.2) is 0 Å². The third-order valence-corrected chi connectivity index (χ3v) is 4.29. The van der Waals surface area contributed by atoms with E-state index in [2.05, 4.69) is 23.9 Å². The SMILES string of the molecule is CCc1cccc(CC)c1NC(=O)c1ccc(NS(C)(=O)=O)cc1. The molecule has 128 valence electrons. The molecule has 0 bridgehead atoms. The minimum Gasteiger partial charge on any atom is -0.321 e. The maximum absolute atomic E-state index is 12.5. The number of anilines is 2. The quantitative estimate of drug-likeness (QED) is 0.841. The fraction of sp³-hybridized carbons (Fsp3) is 0.278. The zero-order valence-electron chi connectivity index (χ0n) is 14.1. The van der Waals surface area contributed by atoms with Crippen LogP contribution in [-0.4, -0.2) is 20.6 Å². The fourth-order valence-corrected chi connectivity index (χ4v) is 3.06. The minimum absolute atomic E-state index is 0.212. The number of nitrogens with one attached hydrogen (secondary N) is 2. The Balaban J connectivity index is 2.22. The molecule has 0 heterocycles. The Kier molecular flexibility index (Phi) is 5.62. The van der Waals surface area contributed by atoms with Crippen LogP contribution in [0.3, 0.4) is 0 Å². The van der Waals surface area contributed by atoms with Crippen LogP contribution in [0.5, 0.6) is 0 Å². The van der Waals surface area contributed by atoms with Gasteiger partial charge in [-0.25, -0.2) is 8.42 Å². The summed E-state index contributed by atoms with van der Waals surface area (Å²) in [6.45, 7) is 4.10. The summed E-state index contributed by atoms with van der Waals surface area (Å²) in [4.78, 5) is 12.5. The molecule has 2 aromatic rings. The second-order valence-corrected chi connectivity index (χ2v) is 7.31. The van der Waals surface area contributed by atoms with Gasteiger partial charge in [0.05, 0.1) is 6.26 Å². The van der Waals surface area contributed by atoms with E-state index in [1.54, 1.807) is 24.3 Å². The van der Waals surface area contributed by atoms with Crippen molar-refractivity contribution in [2.75, 3.05) is 16.3 Å². The molecule has 1 amide bonds. The maximum Gasteiger partial charge on any atom is 0.255 e. The van der Waals surface area contributed by atoms with E-state index in [4.69, 9.17) is 0 Å². The lowest BCUT2D eigenvalue weighted by atomic mass is 10.0. The van der Waals surface area contributed by atoms with Crippen molar-refractivity contribution < 1.29 is 13.2 Å². The smallest absolute Gasteiger partial charge is 0.255 e. The van der Waals surface area contributed by atoms with Gasteiger partial charge in [-0.1, -0.05) is 32.0 Å². The van der Waals surface area contributed by atoms with Crippen LogP contribution in [0.1, 0.15) is 35.3 Å². The molecule has 0 aromatic heterocycles. The molecule has 0 unspecified atom stereocenters. The van der Waals surface area contributed by atoms with Crippen LogP contribution in [0.4, 0.5) is 11.4 Å². The van der Waals surface area contributed by atoms with Crippen molar-refractivity contribution >= 4 is 27.3 Å². The van der Waals surface area contributed by atoms with Gasteiger partial charge in [0.1, 0.15) is 0 Å². The molecule has 0 radical (unpaired) electrons. The minimum atomic E-state index is -3.33. The summed E-state index contributed by atoms with van der Waals surface area (Å²) >= 11 is 0. The molecule has 0 aliphatic carbocycles. The van der Waals surface area contributed by atoms with Gasteiger partial charge < -0.3 is 5.32 Å². The van der Waals surface area contributed by atoms with E-state index in [9.17, 15) is 13.2 Å². The number of aryl methyl sites for hydroxylation is 2. The number of sulfonamides is 1. The Labute approximate surface area is 143 Å². The first-order valence-corrected chi connectivity index (χ1v) is 9.73. The van der Waals surface area contributed by atoms with Crippen LogP contribution in [-0.2, 0) is 22.9 Å². The van der Waals surface area contributed by atoms with Crippen molar-refractivity contribution in [1.29, 1.82) is 0 Å². The number of amides is 1. The van der Waals surface area contributed by atoms with E-state index in [1.807, 2.05) is 18.2 Å². The number of rotatable bonds is 6. The topological polar surface area (TPSA) is 75.3 Å². The van der Waals surface area contributed by atoms with Gasteiger partial charge in [0.25, 0.3) is 5.91 Å². The first-order valence-electron chi connectivity index (χ1n) is 7.84. The van der Waals surface area contributed by atoms with Gasteiger partial charge in [-0.3, -0.25) is 9.52 Å². The predicted octanol–water partition coefficient (Wildman–Crippen LogP) is 3.44. The molecule has 2 aromatic carbocycles. The summed E-state index contributed by atoms with van der Waals surface area (Å²) < 4.78 is 24.8. The highest BCUT2D eigenvalue weighted by Crippen LogP contribution is 2.23. The number of hydrogen-bond acceptors (Lipinski definition) is 3. The summed E-state index contributed by atoms with van der Waals surface area (Å²) in [5.41, 5.74) is 3.96. The Bertz CT molecular complexity index is 806. The molecule has 0 fully saturated rings. The maximum atomic E-state index is 12.5. The third-order valence-electron chi connectivity index (χ3n) is 3.69. The van der Waals surface area contributed by atoms with Crippen molar-refractivity contribution in [3.8, 4) is 0 Å². The molecular weight excluding hydrogens is 324 g/mol. The average molecular weight is 346 g/mol. The van der Waals surface area contributed by atoms with Crippen LogP contribution >= 0.6 is 0 Å². The molecule has 0 aliphatic rings. The van der Waals surface area contributed by atoms with Crippen molar-refractivity contribution in [3.05, 3.63) is 59.2 Å². The number of carbonyl (C=O) groups excluding carboxylic acids is 1. The zero-order chi connectivity index (χ0) is 17.7. The predicted molar refractivity (Wildman–Crippen MR) is 98.1 cm³/mol. The van der Waals surface area contributed by atoms with E-state index in [0.29, 0.717) is 11.3 Å². The van der Waals surface area contributed by atoms with E-state index >= 15 is 0 Å². The monoisotopic (exact) mass is 346 g/mol. The molecule has 2 rings (SSSR count). The van der Waals surface area contributed by atoms with Crippen LogP contribution in [0.15, 0.2) is 42.5 Å². The highest BCUT2D eigenvalue weighted by Gasteiger charge is 2.12. The lowest BCUT2D eigenvalue weighted by Crippen LogP contribution is -2.15. The highest BCUT2D eigenvalue weighted by atomic mass is 32.2.